The number of carbonyl (C=O) groups excluding carboxylic acids is 1. The topological polar surface area (TPSA) is 47.6 Å². The molecule has 0 aliphatic heterocycles. The van der Waals surface area contributed by atoms with Gasteiger partial charge in [0.05, 0.1) is 18.1 Å². The molecular formula is C27H27NO3S. The van der Waals surface area contributed by atoms with E-state index < -0.39 is 0 Å². The van der Waals surface area contributed by atoms with Crippen molar-refractivity contribution in [2.45, 2.75) is 27.2 Å². The Morgan fingerprint density at radius 3 is 2.38 bits per heavy atom. The molecule has 4 nitrogen and oxygen atoms in total. The van der Waals surface area contributed by atoms with Gasteiger partial charge in [-0.3, -0.25) is 4.79 Å². The molecule has 0 spiro atoms. The molecule has 1 N–H and O–H groups in total. The van der Waals surface area contributed by atoms with Crippen LogP contribution < -0.4 is 14.8 Å². The van der Waals surface area contributed by atoms with Gasteiger partial charge in [-0.05, 0) is 61.9 Å². The highest BCUT2D eigenvalue weighted by atomic mass is 32.1. The van der Waals surface area contributed by atoms with Crippen molar-refractivity contribution in [2.24, 2.45) is 0 Å². The van der Waals surface area contributed by atoms with Crippen molar-refractivity contribution in [3.05, 3.63) is 88.3 Å². The minimum atomic E-state index is -0.111. The van der Waals surface area contributed by atoms with Crippen LogP contribution in [0.3, 0.4) is 0 Å². The number of nitrogens with one attached hydrogen (secondary N) is 1. The smallest absolute Gasteiger partial charge is 0.266 e. The first-order chi connectivity index (χ1) is 15.6. The van der Waals surface area contributed by atoms with E-state index in [0.29, 0.717) is 36.8 Å². The van der Waals surface area contributed by atoms with Crippen LogP contribution in [-0.4, -0.2) is 19.1 Å². The van der Waals surface area contributed by atoms with Gasteiger partial charge in [-0.1, -0.05) is 48.0 Å². The Kier molecular flexibility index (Phi) is 6.76. The molecule has 5 heteroatoms. The second-order valence-corrected chi connectivity index (χ2v) is 8.60. The lowest BCUT2D eigenvalue weighted by atomic mass is 10.0. The zero-order valence-electron chi connectivity index (χ0n) is 18.6. The number of hydrogen-bond donors (Lipinski definition) is 1. The Morgan fingerprint density at radius 1 is 0.906 bits per heavy atom. The Hall–Kier alpha value is -3.31. The molecule has 0 atom stereocenters. The van der Waals surface area contributed by atoms with E-state index >= 15 is 0 Å². The van der Waals surface area contributed by atoms with E-state index in [1.54, 1.807) is 0 Å². The summed E-state index contributed by atoms with van der Waals surface area (Å²) in [6, 6.07) is 22.2. The van der Waals surface area contributed by atoms with E-state index in [4.69, 9.17) is 9.47 Å². The average molecular weight is 446 g/mol. The summed E-state index contributed by atoms with van der Waals surface area (Å²) in [6.07, 6.45) is 0.709. The summed E-state index contributed by atoms with van der Waals surface area (Å²) < 4.78 is 12.4. The van der Waals surface area contributed by atoms with Crippen molar-refractivity contribution in [1.82, 2.24) is 0 Å². The van der Waals surface area contributed by atoms with E-state index in [1.165, 1.54) is 22.5 Å². The molecule has 0 aliphatic carbocycles. The van der Waals surface area contributed by atoms with Crippen LogP contribution in [0.4, 0.5) is 5.69 Å². The standard InChI is InChI=1S/C27H27NO3S/c1-4-30-23-15-14-20(17-24(23)31-5-2)28-27(29)26-22(16-19-12-10-18(3)11-13-19)21-8-6-7-9-25(21)32-26/h6-15,17H,4-5,16H2,1-3H3,(H,28,29). The molecule has 0 bridgehead atoms. The van der Waals surface area contributed by atoms with Gasteiger partial charge in [-0.15, -0.1) is 11.3 Å². The first kappa shape index (κ1) is 21.9. The van der Waals surface area contributed by atoms with Gasteiger partial charge in [0, 0.05) is 16.5 Å². The van der Waals surface area contributed by atoms with Crippen LogP contribution in [0.15, 0.2) is 66.7 Å². The number of amides is 1. The monoisotopic (exact) mass is 445 g/mol. The van der Waals surface area contributed by atoms with Gasteiger partial charge < -0.3 is 14.8 Å². The second kappa shape index (κ2) is 9.88. The minimum absolute atomic E-state index is 0.111. The first-order valence-electron chi connectivity index (χ1n) is 10.9. The Bertz CT molecular complexity index is 1230. The Labute approximate surface area is 192 Å². The van der Waals surface area contributed by atoms with Crippen LogP contribution in [0.1, 0.15) is 40.2 Å². The van der Waals surface area contributed by atoms with Crippen LogP contribution in [0.2, 0.25) is 0 Å². The number of rotatable bonds is 8. The summed E-state index contributed by atoms with van der Waals surface area (Å²) in [5.41, 5.74) is 4.15. The molecule has 4 rings (SSSR count). The van der Waals surface area contributed by atoms with Crippen molar-refractivity contribution in [2.75, 3.05) is 18.5 Å². The molecule has 0 radical (unpaired) electrons. The van der Waals surface area contributed by atoms with Crippen LogP contribution in [0, 0.1) is 6.92 Å². The van der Waals surface area contributed by atoms with E-state index in [0.717, 1.165) is 20.5 Å². The Morgan fingerprint density at radius 2 is 1.62 bits per heavy atom. The van der Waals surface area contributed by atoms with Crippen molar-refractivity contribution in [3.63, 3.8) is 0 Å². The van der Waals surface area contributed by atoms with Gasteiger partial charge in [0.2, 0.25) is 0 Å². The third kappa shape index (κ3) is 4.78. The fourth-order valence-corrected chi connectivity index (χ4v) is 4.80. The number of carbonyl (C=O) groups is 1. The van der Waals surface area contributed by atoms with Crippen LogP contribution in [-0.2, 0) is 6.42 Å². The largest absolute Gasteiger partial charge is 0.490 e. The molecule has 164 valence electrons. The molecular weight excluding hydrogens is 418 g/mol. The predicted octanol–water partition coefficient (Wildman–Crippen LogP) is 6.85. The van der Waals surface area contributed by atoms with E-state index in [9.17, 15) is 4.79 Å². The first-order valence-corrected chi connectivity index (χ1v) is 11.7. The Balaban J connectivity index is 1.66. The fourth-order valence-electron chi connectivity index (χ4n) is 3.68. The van der Waals surface area contributed by atoms with Crippen molar-refractivity contribution < 1.29 is 14.3 Å². The van der Waals surface area contributed by atoms with Crippen molar-refractivity contribution >= 4 is 33.0 Å². The highest BCUT2D eigenvalue weighted by molar-refractivity contribution is 7.21. The summed E-state index contributed by atoms with van der Waals surface area (Å²) in [6.45, 7) is 7.01. The summed E-state index contributed by atoms with van der Waals surface area (Å²) in [7, 11) is 0. The number of benzene rings is 3. The van der Waals surface area contributed by atoms with Gasteiger partial charge >= 0.3 is 0 Å². The summed E-state index contributed by atoms with van der Waals surface area (Å²) in [5.74, 6) is 1.19. The molecule has 32 heavy (non-hydrogen) atoms. The third-order valence-corrected chi connectivity index (χ3v) is 6.42. The molecule has 4 aromatic rings. The lowest BCUT2D eigenvalue weighted by Crippen LogP contribution is -2.12. The van der Waals surface area contributed by atoms with E-state index in [1.807, 2.05) is 44.2 Å². The second-order valence-electron chi connectivity index (χ2n) is 7.55. The SMILES string of the molecule is CCOc1ccc(NC(=O)c2sc3ccccc3c2Cc2ccc(C)cc2)cc1OCC. The van der Waals surface area contributed by atoms with Crippen LogP contribution >= 0.6 is 11.3 Å². The van der Waals surface area contributed by atoms with Gasteiger partial charge in [0.1, 0.15) is 0 Å². The molecule has 0 fully saturated rings. The van der Waals surface area contributed by atoms with E-state index in [2.05, 4.69) is 48.6 Å². The third-order valence-electron chi connectivity index (χ3n) is 5.21. The van der Waals surface area contributed by atoms with Crippen molar-refractivity contribution in [1.29, 1.82) is 0 Å². The van der Waals surface area contributed by atoms with Gasteiger partial charge in [0.25, 0.3) is 5.91 Å². The lowest BCUT2D eigenvalue weighted by molar-refractivity contribution is 0.103. The zero-order chi connectivity index (χ0) is 22.5. The number of fused-ring (bicyclic) bond motifs is 1. The molecule has 1 amide bonds. The summed E-state index contributed by atoms with van der Waals surface area (Å²) in [4.78, 5) is 14.1. The molecule has 0 saturated heterocycles. The van der Waals surface area contributed by atoms with E-state index in [-0.39, 0.29) is 5.91 Å². The highest BCUT2D eigenvalue weighted by Gasteiger charge is 2.19. The molecule has 1 heterocycles. The fraction of sp³-hybridized carbons (Fsp3) is 0.222. The maximum absolute atomic E-state index is 13.4. The number of anilines is 1. The normalized spacial score (nSPS) is 10.8. The number of ether oxygens (including phenoxy) is 2. The number of aryl methyl sites for hydroxylation is 1. The maximum Gasteiger partial charge on any atom is 0.266 e. The summed E-state index contributed by atoms with van der Waals surface area (Å²) in [5, 5.41) is 4.19. The summed E-state index contributed by atoms with van der Waals surface area (Å²) >= 11 is 1.53. The quantitative estimate of drug-likeness (QED) is 0.323. The lowest BCUT2D eigenvalue weighted by Gasteiger charge is -2.13. The molecule has 0 unspecified atom stereocenters. The maximum atomic E-state index is 13.4. The van der Waals surface area contributed by atoms with Crippen LogP contribution in [0.25, 0.3) is 10.1 Å². The zero-order valence-corrected chi connectivity index (χ0v) is 19.4. The number of hydrogen-bond acceptors (Lipinski definition) is 4. The van der Waals surface area contributed by atoms with Gasteiger partial charge in [0.15, 0.2) is 11.5 Å². The molecule has 0 aliphatic rings. The minimum Gasteiger partial charge on any atom is -0.490 e. The molecule has 3 aromatic carbocycles. The molecule has 1 aromatic heterocycles. The molecule has 0 saturated carbocycles. The van der Waals surface area contributed by atoms with Gasteiger partial charge in [-0.2, -0.15) is 0 Å². The van der Waals surface area contributed by atoms with Crippen LogP contribution in [0.5, 0.6) is 11.5 Å². The predicted molar refractivity (Wildman–Crippen MR) is 133 cm³/mol. The highest BCUT2D eigenvalue weighted by Crippen LogP contribution is 2.35. The number of thiophene rings is 1. The van der Waals surface area contributed by atoms with Crippen molar-refractivity contribution in [3.8, 4) is 11.5 Å². The van der Waals surface area contributed by atoms with Gasteiger partial charge in [-0.25, -0.2) is 0 Å². The average Bonchev–Trinajstić information content (AvgIpc) is 3.16.